The van der Waals surface area contributed by atoms with Gasteiger partial charge in [0.05, 0.1) is 0 Å². The van der Waals surface area contributed by atoms with Gasteiger partial charge in [-0.3, -0.25) is 4.79 Å². The molecular weight excluding hydrogens is 282 g/mol. The van der Waals surface area contributed by atoms with E-state index in [0.717, 1.165) is 24.9 Å². The topological polar surface area (TPSA) is 90.4 Å². The van der Waals surface area contributed by atoms with E-state index in [1.165, 1.54) is 0 Å². The number of hydrogen-bond donors (Lipinski definition) is 2. The van der Waals surface area contributed by atoms with Crippen LogP contribution in [0.1, 0.15) is 31.6 Å². The summed E-state index contributed by atoms with van der Waals surface area (Å²) < 4.78 is 10.5. The number of methoxy groups -OCH3 is 1. The fourth-order valence-corrected chi connectivity index (χ4v) is 3.01. The molecule has 22 heavy (non-hydrogen) atoms. The van der Waals surface area contributed by atoms with Crippen LogP contribution in [-0.4, -0.2) is 24.0 Å². The van der Waals surface area contributed by atoms with Crippen molar-refractivity contribution in [2.75, 3.05) is 12.4 Å². The molecule has 1 aliphatic carbocycles. The molecular formula is C16H21N3O3. The van der Waals surface area contributed by atoms with E-state index in [-0.39, 0.29) is 11.9 Å². The molecule has 2 aromatic rings. The molecule has 1 aromatic carbocycles. The molecule has 6 heteroatoms. The van der Waals surface area contributed by atoms with Gasteiger partial charge in [-0.2, -0.15) is 0 Å². The van der Waals surface area contributed by atoms with Gasteiger partial charge in [0, 0.05) is 25.3 Å². The van der Waals surface area contributed by atoms with Crippen molar-refractivity contribution in [3.63, 3.8) is 0 Å². The summed E-state index contributed by atoms with van der Waals surface area (Å²) in [6.07, 6.45) is 3.65. The number of nitrogens with zero attached hydrogens (tertiary/aromatic N) is 1. The van der Waals surface area contributed by atoms with Gasteiger partial charge in [0.1, 0.15) is 12.1 Å². The van der Waals surface area contributed by atoms with Gasteiger partial charge in [0.25, 0.3) is 0 Å². The first kappa shape index (κ1) is 15.0. The minimum atomic E-state index is 0.00214. The number of rotatable bonds is 5. The van der Waals surface area contributed by atoms with Crippen molar-refractivity contribution >= 4 is 22.7 Å². The highest BCUT2D eigenvalue weighted by atomic mass is 16.5. The number of fused-ring (bicyclic) bond motifs is 1. The second-order valence-electron chi connectivity index (χ2n) is 5.83. The van der Waals surface area contributed by atoms with Gasteiger partial charge in [-0.15, -0.1) is 0 Å². The predicted molar refractivity (Wildman–Crippen MR) is 83.3 cm³/mol. The normalized spacial score (nSPS) is 21.4. The number of ether oxygens (including phenoxy) is 1. The zero-order valence-electron chi connectivity index (χ0n) is 12.7. The van der Waals surface area contributed by atoms with Crippen molar-refractivity contribution < 1.29 is 13.9 Å². The second-order valence-corrected chi connectivity index (χ2v) is 5.83. The average Bonchev–Trinajstić information content (AvgIpc) is 3.05. The molecule has 3 rings (SSSR count). The van der Waals surface area contributed by atoms with Gasteiger partial charge in [-0.05, 0) is 37.0 Å². The average molecular weight is 303 g/mol. The van der Waals surface area contributed by atoms with Crippen molar-refractivity contribution in [2.24, 2.45) is 11.7 Å². The van der Waals surface area contributed by atoms with Crippen LogP contribution in [0.25, 0.3) is 11.1 Å². The maximum Gasteiger partial charge on any atom is 0.224 e. The van der Waals surface area contributed by atoms with Crippen LogP contribution in [-0.2, 0) is 16.1 Å². The third kappa shape index (κ3) is 3.28. The molecule has 1 saturated carbocycles. The van der Waals surface area contributed by atoms with Crippen LogP contribution in [0.3, 0.4) is 0 Å². The number of carbonyl (C=O) groups is 1. The van der Waals surface area contributed by atoms with Crippen LogP contribution in [0.2, 0.25) is 0 Å². The van der Waals surface area contributed by atoms with E-state index in [0.29, 0.717) is 35.9 Å². The van der Waals surface area contributed by atoms with Crippen molar-refractivity contribution in [3.8, 4) is 0 Å². The smallest absolute Gasteiger partial charge is 0.224 e. The Morgan fingerprint density at radius 2 is 2.36 bits per heavy atom. The highest BCUT2D eigenvalue weighted by molar-refractivity contribution is 5.92. The van der Waals surface area contributed by atoms with E-state index in [2.05, 4.69) is 10.3 Å². The summed E-state index contributed by atoms with van der Waals surface area (Å²) in [5.74, 6) is 0.823. The monoisotopic (exact) mass is 303 g/mol. The number of carbonyl (C=O) groups excluding carboxylic acids is 1. The first-order valence-electron chi connectivity index (χ1n) is 7.59. The number of hydrogen-bond acceptors (Lipinski definition) is 5. The predicted octanol–water partition coefficient (Wildman–Crippen LogP) is 2.43. The van der Waals surface area contributed by atoms with E-state index >= 15 is 0 Å². The molecule has 0 aliphatic heterocycles. The summed E-state index contributed by atoms with van der Waals surface area (Å²) >= 11 is 0. The number of aromatic nitrogens is 1. The highest BCUT2D eigenvalue weighted by Crippen LogP contribution is 2.27. The third-order valence-corrected chi connectivity index (χ3v) is 4.15. The quantitative estimate of drug-likeness (QED) is 0.885. The van der Waals surface area contributed by atoms with Gasteiger partial charge in [-0.1, -0.05) is 6.42 Å². The Hall–Kier alpha value is -1.92. The highest BCUT2D eigenvalue weighted by Gasteiger charge is 2.26. The summed E-state index contributed by atoms with van der Waals surface area (Å²) in [6, 6.07) is 5.58. The van der Waals surface area contributed by atoms with Crippen LogP contribution in [0, 0.1) is 5.92 Å². The van der Waals surface area contributed by atoms with Crippen LogP contribution >= 0.6 is 0 Å². The zero-order chi connectivity index (χ0) is 15.5. The lowest BCUT2D eigenvalue weighted by atomic mass is 10.00. The molecule has 1 fully saturated rings. The Kier molecular flexibility index (Phi) is 4.40. The molecule has 2 atom stereocenters. The van der Waals surface area contributed by atoms with E-state index in [1.807, 2.05) is 12.1 Å². The Labute approximate surface area is 129 Å². The Bertz CT molecular complexity index is 668. The molecule has 1 aromatic heterocycles. The fraction of sp³-hybridized carbons (Fsp3) is 0.500. The minimum Gasteiger partial charge on any atom is -0.438 e. The Balaban J connectivity index is 1.66. The molecule has 0 radical (unpaired) electrons. The van der Waals surface area contributed by atoms with Crippen LogP contribution in [0.4, 0.5) is 5.69 Å². The molecule has 0 bridgehead atoms. The minimum absolute atomic E-state index is 0.00214. The standard InChI is InChI=1S/C16H21N3O3/c1-21-9-16-19-13-8-11(5-6-14(13)22-16)18-15(20)7-10-3-2-4-12(10)17/h5-6,8,10,12H,2-4,7,9,17H2,1H3,(H,18,20)/t10-,12+/m0/s1. The first-order valence-corrected chi connectivity index (χ1v) is 7.59. The molecule has 1 amide bonds. The number of oxazole rings is 1. The fourth-order valence-electron chi connectivity index (χ4n) is 3.01. The molecule has 6 nitrogen and oxygen atoms in total. The number of nitrogens with two attached hydrogens (primary N) is 1. The van der Waals surface area contributed by atoms with Crippen molar-refractivity contribution in [1.29, 1.82) is 0 Å². The van der Waals surface area contributed by atoms with E-state index in [1.54, 1.807) is 13.2 Å². The molecule has 0 spiro atoms. The molecule has 0 unspecified atom stereocenters. The summed E-state index contributed by atoms with van der Waals surface area (Å²) in [5, 5.41) is 2.92. The summed E-state index contributed by atoms with van der Waals surface area (Å²) in [6.45, 7) is 0.329. The molecule has 3 N–H and O–H groups in total. The number of anilines is 1. The Morgan fingerprint density at radius 3 is 3.09 bits per heavy atom. The Morgan fingerprint density at radius 1 is 1.50 bits per heavy atom. The molecule has 1 aliphatic rings. The van der Waals surface area contributed by atoms with Crippen LogP contribution in [0.5, 0.6) is 0 Å². The SMILES string of the molecule is COCc1nc2cc(NC(=O)C[C@@H]3CCC[C@H]3N)ccc2o1. The summed E-state index contributed by atoms with van der Waals surface area (Å²) in [7, 11) is 1.59. The molecule has 0 saturated heterocycles. The number of nitrogens with one attached hydrogen (secondary N) is 1. The molecule has 118 valence electrons. The number of amides is 1. The van der Waals surface area contributed by atoms with E-state index in [4.69, 9.17) is 14.9 Å². The van der Waals surface area contributed by atoms with Gasteiger partial charge in [0.2, 0.25) is 11.8 Å². The lowest BCUT2D eigenvalue weighted by molar-refractivity contribution is -0.117. The number of benzene rings is 1. The zero-order valence-corrected chi connectivity index (χ0v) is 12.7. The van der Waals surface area contributed by atoms with Gasteiger partial charge < -0.3 is 20.2 Å². The van der Waals surface area contributed by atoms with Gasteiger partial charge in [0.15, 0.2) is 5.58 Å². The maximum atomic E-state index is 12.1. The lowest BCUT2D eigenvalue weighted by Gasteiger charge is -2.14. The van der Waals surface area contributed by atoms with Crippen LogP contribution in [0.15, 0.2) is 22.6 Å². The second kappa shape index (κ2) is 6.46. The van der Waals surface area contributed by atoms with E-state index in [9.17, 15) is 4.79 Å². The van der Waals surface area contributed by atoms with Crippen molar-refractivity contribution in [3.05, 3.63) is 24.1 Å². The third-order valence-electron chi connectivity index (χ3n) is 4.15. The van der Waals surface area contributed by atoms with Crippen molar-refractivity contribution in [1.82, 2.24) is 4.98 Å². The van der Waals surface area contributed by atoms with Crippen LogP contribution < -0.4 is 11.1 Å². The van der Waals surface area contributed by atoms with Crippen molar-refractivity contribution in [2.45, 2.75) is 38.3 Å². The maximum absolute atomic E-state index is 12.1. The molecule has 1 heterocycles. The summed E-state index contributed by atoms with van der Waals surface area (Å²) in [5.41, 5.74) is 8.13. The lowest BCUT2D eigenvalue weighted by Crippen LogP contribution is -2.28. The van der Waals surface area contributed by atoms with Gasteiger partial charge in [-0.25, -0.2) is 4.98 Å². The summed E-state index contributed by atoms with van der Waals surface area (Å²) in [4.78, 5) is 16.5. The van der Waals surface area contributed by atoms with Gasteiger partial charge >= 0.3 is 0 Å². The largest absolute Gasteiger partial charge is 0.438 e. The first-order chi connectivity index (χ1) is 10.7. The van der Waals surface area contributed by atoms with E-state index < -0.39 is 0 Å².